The summed E-state index contributed by atoms with van der Waals surface area (Å²) < 4.78 is 6.49. The van der Waals surface area contributed by atoms with E-state index in [1.54, 1.807) is 6.20 Å². The number of fused-ring (bicyclic) bond motifs is 1. The predicted molar refractivity (Wildman–Crippen MR) is 113 cm³/mol. The SMILES string of the molecule is O=C(NCCc1ccc(Br)cc1)Oc1sccc1Nc1ncnc2[nH]ccc12. The Kier molecular flexibility index (Phi) is 5.54. The number of H-pyrrole nitrogens is 1. The summed E-state index contributed by atoms with van der Waals surface area (Å²) in [5.41, 5.74) is 2.55. The van der Waals surface area contributed by atoms with Crippen LogP contribution in [0.4, 0.5) is 16.3 Å². The molecule has 0 aliphatic rings. The van der Waals surface area contributed by atoms with Gasteiger partial charge in [-0.2, -0.15) is 0 Å². The molecule has 1 aromatic carbocycles. The molecular weight excluding hydrogens is 442 g/mol. The van der Waals surface area contributed by atoms with Gasteiger partial charge in [0.2, 0.25) is 5.06 Å². The van der Waals surface area contributed by atoms with Gasteiger partial charge in [0.15, 0.2) is 0 Å². The Morgan fingerprint density at radius 2 is 2.04 bits per heavy atom. The molecule has 28 heavy (non-hydrogen) atoms. The number of nitrogens with zero attached hydrogens (tertiary/aromatic N) is 2. The Labute approximate surface area is 173 Å². The Bertz CT molecular complexity index is 1090. The van der Waals surface area contributed by atoms with Crippen LogP contribution in [0.25, 0.3) is 11.0 Å². The van der Waals surface area contributed by atoms with E-state index < -0.39 is 6.09 Å². The third-order valence-electron chi connectivity index (χ3n) is 4.02. The smallest absolute Gasteiger partial charge is 0.397 e. The highest BCUT2D eigenvalue weighted by molar-refractivity contribution is 9.10. The van der Waals surface area contributed by atoms with Crippen LogP contribution in [0.1, 0.15) is 5.56 Å². The van der Waals surface area contributed by atoms with Crippen LogP contribution in [0.5, 0.6) is 5.06 Å². The van der Waals surface area contributed by atoms with E-state index >= 15 is 0 Å². The number of carbonyl (C=O) groups excluding carboxylic acids is 1. The second-order valence-corrected chi connectivity index (χ2v) is 7.70. The lowest BCUT2D eigenvalue weighted by molar-refractivity contribution is 0.202. The molecule has 0 bridgehead atoms. The molecule has 9 heteroatoms. The topological polar surface area (TPSA) is 91.9 Å². The molecule has 3 N–H and O–H groups in total. The molecule has 3 aromatic heterocycles. The Balaban J connectivity index is 1.35. The van der Waals surface area contributed by atoms with Crippen molar-refractivity contribution in [3.05, 3.63) is 64.3 Å². The van der Waals surface area contributed by atoms with Crippen molar-refractivity contribution in [3.8, 4) is 5.06 Å². The first kappa shape index (κ1) is 18.5. The quantitative estimate of drug-likeness (QED) is 0.384. The van der Waals surface area contributed by atoms with E-state index in [0.717, 1.165) is 27.5 Å². The van der Waals surface area contributed by atoms with Gasteiger partial charge in [-0.15, -0.1) is 11.3 Å². The number of thiophene rings is 1. The van der Waals surface area contributed by atoms with Crippen LogP contribution in [0, 0.1) is 0 Å². The van der Waals surface area contributed by atoms with Gasteiger partial charge in [0.25, 0.3) is 0 Å². The fourth-order valence-corrected chi connectivity index (χ4v) is 3.61. The van der Waals surface area contributed by atoms with Gasteiger partial charge < -0.3 is 20.4 Å². The minimum absolute atomic E-state index is 0.475. The van der Waals surface area contributed by atoms with E-state index in [2.05, 4.69) is 41.5 Å². The molecule has 142 valence electrons. The number of carbonyl (C=O) groups is 1. The van der Waals surface area contributed by atoms with Crippen molar-refractivity contribution in [2.45, 2.75) is 6.42 Å². The summed E-state index contributed by atoms with van der Waals surface area (Å²) in [5.74, 6) is 0.644. The Hall–Kier alpha value is -2.91. The highest BCUT2D eigenvalue weighted by Crippen LogP contribution is 2.34. The van der Waals surface area contributed by atoms with Crippen LogP contribution in [0.2, 0.25) is 0 Å². The molecule has 4 rings (SSSR count). The molecule has 0 unspecified atom stereocenters. The zero-order valence-corrected chi connectivity index (χ0v) is 17.0. The molecule has 0 atom stereocenters. The second-order valence-electron chi connectivity index (χ2n) is 5.90. The highest BCUT2D eigenvalue weighted by Gasteiger charge is 2.13. The molecule has 1 amide bonds. The van der Waals surface area contributed by atoms with Crippen LogP contribution < -0.4 is 15.4 Å². The number of hydrogen-bond acceptors (Lipinski definition) is 6. The molecule has 0 fully saturated rings. The van der Waals surface area contributed by atoms with Crippen LogP contribution in [-0.4, -0.2) is 27.6 Å². The van der Waals surface area contributed by atoms with Gasteiger partial charge in [0, 0.05) is 17.2 Å². The maximum absolute atomic E-state index is 12.1. The van der Waals surface area contributed by atoms with Crippen LogP contribution in [0.3, 0.4) is 0 Å². The van der Waals surface area contributed by atoms with E-state index in [4.69, 9.17) is 4.74 Å². The number of benzene rings is 1. The predicted octanol–water partition coefficient (Wildman–Crippen LogP) is 4.86. The van der Waals surface area contributed by atoms with Gasteiger partial charge in [-0.05, 0) is 41.6 Å². The summed E-state index contributed by atoms with van der Waals surface area (Å²) in [7, 11) is 0. The largest absolute Gasteiger partial charge is 0.413 e. The molecule has 0 saturated heterocycles. The highest BCUT2D eigenvalue weighted by atomic mass is 79.9. The summed E-state index contributed by atoms with van der Waals surface area (Å²) >= 11 is 4.74. The third kappa shape index (κ3) is 4.32. The molecule has 7 nitrogen and oxygen atoms in total. The zero-order valence-electron chi connectivity index (χ0n) is 14.6. The van der Waals surface area contributed by atoms with Crippen molar-refractivity contribution in [2.24, 2.45) is 0 Å². The van der Waals surface area contributed by atoms with E-state index in [-0.39, 0.29) is 0 Å². The van der Waals surface area contributed by atoms with Gasteiger partial charge in [0.1, 0.15) is 17.8 Å². The number of ether oxygens (including phenoxy) is 1. The number of hydrogen-bond donors (Lipinski definition) is 3. The first-order valence-corrected chi connectivity index (χ1v) is 10.2. The van der Waals surface area contributed by atoms with Gasteiger partial charge >= 0.3 is 6.09 Å². The molecule has 0 saturated carbocycles. The molecular formula is C19H16BrN5O2S. The number of rotatable bonds is 6. The van der Waals surface area contributed by atoms with E-state index in [9.17, 15) is 4.79 Å². The minimum Gasteiger partial charge on any atom is -0.397 e. The molecule has 0 radical (unpaired) electrons. The van der Waals surface area contributed by atoms with Crippen molar-refractivity contribution in [2.75, 3.05) is 11.9 Å². The summed E-state index contributed by atoms with van der Waals surface area (Å²) in [5, 5.41) is 9.16. The van der Waals surface area contributed by atoms with Crippen molar-refractivity contribution in [1.29, 1.82) is 0 Å². The van der Waals surface area contributed by atoms with Crippen LogP contribution >= 0.6 is 27.3 Å². The van der Waals surface area contributed by atoms with Crippen LogP contribution in [-0.2, 0) is 6.42 Å². The molecule has 0 spiro atoms. The Morgan fingerprint density at radius 1 is 1.18 bits per heavy atom. The zero-order chi connectivity index (χ0) is 19.3. The van der Waals surface area contributed by atoms with E-state index in [0.29, 0.717) is 23.1 Å². The van der Waals surface area contributed by atoms with Crippen molar-refractivity contribution in [1.82, 2.24) is 20.3 Å². The second kappa shape index (κ2) is 8.41. The average molecular weight is 458 g/mol. The molecule has 3 heterocycles. The monoisotopic (exact) mass is 457 g/mol. The lowest BCUT2D eigenvalue weighted by Crippen LogP contribution is -2.28. The summed E-state index contributed by atoms with van der Waals surface area (Å²) in [6, 6.07) is 11.7. The number of halogens is 1. The van der Waals surface area contributed by atoms with E-state index in [1.807, 2.05) is 41.8 Å². The number of amides is 1. The van der Waals surface area contributed by atoms with Gasteiger partial charge in [-0.1, -0.05) is 28.1 Å². The van der Waals surface area contributed by atoms with Crippen molar-refractivity contribution < 1.29 is 9.53 Å². The maximum Gasteiger partial charge on any atom is 0.413 e. The standard InChI is InChI=1S/C19H16BrN5O2S/c20-13-3-1-12(2-4-13)5-8-22-19(26)27-18-15(7-10-28-18)25-17-14-6-9-21-16(14)23-11-24-17/h1-4,6-7,9-11H,5,8H2,(H,22,26)(H2,21,23,24,25). The summed E-state index contributed by atoms with van der Waals surface area (Å²) in [6.07, 6.45) is 3.51. The number of aromatic amines is 1. The summed E-state index contributed by atoms with van der Waals surface area (Å²) in [6.45, 7) is 0.491. The van der Waals surface area contributed by atoms with Crippen LogP contribution in [0.15, 0.2) is 58.8 Å². The average Bonchev–Trinajstić information content (AvgIpc) is 3.33. The lowest BCUT2D eigenvalue weighted by Gasteiger charge is -2.09. The Morgan fingerprint density at radius 3 is 2.89 bits per heavy atom. The van der Waals surface area contributed by atoms with E-state index in [1.165, 1.54) is 17.7 Å². The van der Waals surface area contributed by atoms with Gasteiger partial charge in [0.05, 0.1) is 11.1 Å². The lowest BCUT2D eigenvalue weighted by atomic mass is 10.1. The fraction of sp³-hybridized carbons (Fsp3) is 0.105. The van der Waals surface area contributed by atoms with Gasteiger partial charge in [-0.3, -0.25) is 0 Å². The van der Waals surface area contributed by atoms with Gasteiger partial charge in [-0.25, -0.2) is 14.8 Å². The first-order valence-electron chi connectivity index (χ1n) is 8.52. The van der Waals surface area contributed by atoms with Crippen molar-refractivity contribution in [3.63, 3.8) is 0 Å². The molecule has 4 aromatic rings. The molecule has 0 aliphatic carbocycles. The first-order chi connectivity index (χ1) is 13.7. The number of anilines is 2. The molecule has 0 aliphatic heterocycles. The fourth-order valence-electron chi connectivity index (χ4n) is 2.65. The number of aromatic nitrogens is 3. The minimum atomic E-state index is -0.489. The normalized spacial score (nSPS) is 10.8. The maximum atomic E-state index is 12.1. The summed E-state index contributed by atoms with van der Waals surface area (Å²) in [4.78, 5) is 23.6. The number of nitrogens with one attached hydrogen (secondary N) is 3. The third-order valence-corrected chi connectivity index (χ3v) is 5.34. The van der Waals surface area contributed by atoms with Crippen molar-refractivity contribution >= 4 is 55.9 Å².